The molecule has 0 radical (unpaired) electrons. The molecule has 0 saturated carbocycles. The fourth-order valence-corrected chi connectivity index (χ4v) is 2.23. The predicted molar refractivity (Wildman–Crippen MR) is 81.5 cm³/mol. The van der Waals surface area contributed by atoms with Gasteiger partial charge in [-0.1, -0.05) is 6.08 Å². The van der Waals surface area contributed by atoms with Gasteiger partial charge in [-0.05, 0) is 38.5 Å². The Morgan fingerprint density at radius 2 is 2.00 bits per heavy atom. The van der Waals surface area contributed by atoms with E-state index in [2.05, 4.69) is 13.5 Å². The molecule has 1 aliphatic rings. The number of piperidine rings is 1. The molecule has 1 unspecified atom stereocenters. The number of allylic oxidation sites excluding steroid dienone is 1. The van der Waals surface area contributed by atoms with Gasteiger partial charge in [-0.2, -0.15) is 0 Å². The van der Waals surface area contributed by atoms with Crippen LogP contribution in [0.4, 0.5) is 0 Å². The van der Waals surface area contributed by atoms with Gasteiger partial charge in [0.2, 0.25) is 5.91 Å². The van der Waals surface area contributed by atoms with Crippen LogP contribution in [0.5, 0.6) is 0 Å². The Bertz CT molecular complexity index is 239. The van der Waals surface area contributed by atoms with Gasteiger partial charge in [-0.25, -0.2) is 0 Å². The summed E-state index contributed by atoms with van der Waals surface area (Å²) >= 11 is 0. The molecule has 0 aromatic carbocycles. The van der Waals surface area contributed by atoms with Gasteiger partial charge in [0.25, 0.3) is 0 Å². The summed E-state index contributed by atoms with van der Waals surface area (Å²) in [5.74, 6) is 0.891. The number of amides is 1. The number of likely N-dealkylation sites (tertiary alicyclic amines) is 1. The molecule has 0 spiro atoms. The lowest BCUT2D eigenvalue weighted by atomic mass is 9.91. The molecule has 1 amide bonds. The summed E-state index contributed by atoms with van der Waals surface area (Å²) in [6.45, 7) is 7.50. The van der Waals surface area contributed by atoms with E-state index < -0.39 is 0 Å². The predicted octanol–water partition coefficient (Wildman–Crippen LogP) is 2.77. The van der Waals surface area contributed by atoms with Crippen molar-refractivity contribution >= 4 is 30.7 Å². The van der Waals surface area contributed by atoms with Gasteiger partial charge in [-0.3, -0.25) is 4.79 Å². The lowest BCUT2D eigenvalue weighted by molar-refractivity contribution is -0.132. The number of nitrogens with two attached hydrogens (primary N) is 1. The van der Waals surface area contributed by atoms with E-state index >= 15 is 0 Å². The summed E-state index contributed by atoms with van der Waals surface area (Å²) in [7, 11) is 0. The van der Waals surface area contributed by atoms with Gasteiger partial charge in [0.15, 0.2) is 0 Å². The molecule has 1 saturated heterocycles. The summed E-state index contributed by atoms with van der Waals surface area (Å²) in [6, 6.07) is 0.262. The molecule has 3 nitrogen and oxygen atoms in total. The van der Waals surface area contributed by atoms with E-state index in [1.807, 2.05) is 11.0 Å². The SMILES string of the molecule is C=CCCCC(=O)N1CCC(C(C)N)CC1.Cl.Cl. The number of carbonyl (C=O) groups excluding carboxylic acids is 1. The number of hydrogen-bond acceptors (Lipinski definition) is 2. The molecule has 2 N–H and O–H groups in total. The second-order valence-electron chi connectivity index (χ2n) is 4.76. The van der Waals surface area contributed by atoms with Crippen LogP contribution in [0.3, 0.4) is 0 Å². The van der Waals surface area contributed by atoms with Crippen molar-refractivity contribution in [2.24, 2.45) is 11.7 Å². The molecule has 0 bridgehead atoms. The Hall–Kier alpha value is -0.250. The van der Waals surface area contributed by atoms with Crippen molar-refractivity contribution in [3.63, 3.8) is 0 Å². The normalized spacial score (nSPS) is 17.3. The van der Waals surface area contributed by atoms with Gasteiger partial charge in [0.1, 0.15) is 0 Å². The zero-order chi connectivity index (χ0) is 12.0. The highest BCUT2D eigenvalue weighted by Gasteiger charge is 2.24. The van der Waals surface area contributed by atoms with E-state index in [9.17, 15) is 4.79 Å². The summed E-state index contributed by atoms with van der Waals surface area (Å²) in [5.41, 5.74) is 5.87. The minimum Gasteiger partial charge on any atom is -0.343 e. The Balaban J connectivity index is 0. The molecule has 0 aromatic heterocycles. The fourth-order valence-electron chi connectivity index (χ4n) is 2.23. The standard InChI is InChI=1S/C13H24N2O.2ClH/c1-3-4-5-6-13(16)15-9-7-12(8-10-15)11(2)14;;/h3,11-12H,1,4-10,14H2,2H3;2*1H. The van der Waals surface area contributed by atoms with E-state index in [-0.39, 0.29) is 30.9 Å². The van der Waals surface area contributed by atoms with Crippen molar-refractivity contribution in [2.75, 3.05) is 13.1 Å². The van der Waals surface area contributed by atoms with Crippen LogP contribution in [0.25, 0.3) is 0 Å². The average molecular weight is 297 g/mol. The Morgan fingerprint density at radius 3 is 2.44 bits per heavy atom. The molecule has 0 aromatic rings. The van der Waals surface area contributed by atoms with Gasteiger partial charge in [0, 0.05) is 25.6 Å². The van der Waals surface area contributed by atoms with Crippen molar-refractivity contribution < 1.29 is 4.79 Å². The first kappa shape index (κ1) is 20.1. The van der Waals surface area contributed by atoms with Crippen molar-refractivity contribution in [3.05, 3.63) is 12.7 Å². The molecular weight excluding hydrogens is 271 g/mol. The molecule has 1 fully saturated rings. The van der Waals surface area contributed by atoms with Gasteiger partial charge in [-0.15, -0.1) is 31.4 Å². The number of rotatable bonds is 5. The highest BCUT2D eigenvalue weighted by Crippen LogP contribution is 2.20. The first-order valence-electron chi connectivity index (χ1n) is 6.29. The third-order valence-corrected chi connectivity index (χ3v) is 3.43. The Kier molecular flexibility index (Phi) is 11.9. The lowest BCUT2D eigenvalue weighted by Gasteiger charge is -2.33. The Morgan fingerprint density at radius 1 is 1.44 bits per heavy atom. The zero-order valence-corrected chi connectivity index (χ0v) is 12.8. The molecule has 1 heterocycles. The summed E-state index contributed by atoms with van der Waals surface area (Å²) in [5, 5.41) is 0. The smallest absolute Gasteiger partial charge is 0.222 e. The third kappa shape index (κ3) is 6.62. The van der Waals surface area contributed by atoms with Crippen molar-refractivity contribution in [3.8, 4) is 0 Å². The second-order valence-corrected chi connectivity index (χ2v) is 4.76. The van der Waals surface area contributed by atoms with E-state index in [0.717, 1.165) is 38.8 Å². The molecule has 1 aliphatic heterocycles. The van der Waals surface area contributed by atoms with Crippen molar-refractivity contribution in [2.45, 2.75) is 45.1 Å². The largest absolute Gasteiger partial charge is 0.343 e. The van der Waals surface area contributed by atoms with E-state index in [0.29, 0.717) is 18.2 Å². The van der Waals surface area contributed by atoms with E-state index in [1.54, 1.807) is 0 Å². The molecule has 108 valence electrons. The lowest BCUT2D eigenvalue weighted by Crippen LogP contribution is -2.42. The minimum atomic E-state index is 0. The molecule has 0 aliphatic carbocycles. The van der Waals surface area contributed by atoms with Gasteiger partial charge < -0.3 is 10.6 Å². The Labute approximate surface area is 123 Å². The fraction of sp³-hybridized carbons (Fsp3) is 0.769. The molecular formula is C13H26Cl2N2O. The number of carbonyl (C=O) groups is 1. The molecule has 1 atom stereocenters. The second kappa shape index (κ2) is 10.7. The maximum atomic E-state index is 11.8. The topological polar surface area (TPSA) is 46.3 Å². The summed E-state index contributed by atoms with van der Waals surface area (Å²) in [4.78, 5) is 13.8. The monoisotopic (exact) mass is 296 g/mol. The first-order valence-corrected chi connectivity index (χ1v) is 6.29. The number of hydrogen-bond donors (Lipinski definition) is 1. The van der Waals surface area contributed by atoms with Crippen LogP contribution in [0.2, 0.25) is 0 Å². The van der Waals surface area contributed by atoms with Crippen LogP contribution in [0.1, 0.15) is 39.0 Å². The van der Waals surface area contributed by atoms with Crippen LogP contribution >= 0.6 is 24.8 Å². The summed E-state index contributed by atoms with van der Waals surface area (Å²) < 4.78 is 0. The first-order chi connectivity index (χ1) is 7.65. The minimum absolute atomic E-state index is 0. The van der Waals surface area contributed by atoms with Crippen LogP contribution in [0, 0.1) is 5.92 Å². The van der Waals surface area contributed by atoms with Crippen LogP contribution < -0.4 is 5.73 Å². The third-order valence-electron chi connectivity index (χ3n) is 3.43. The average Bonchev–Trinajstić information content (AvgIpc) is 2.29. The van der Waals surface area contributed by atoms with Crippen LogP contribution in [-0.4, -0.2) is 29.9 Å². The number of nitrogens with zero attached hydrogens (tertiary/aromatic N) is 1. The van der Waals surface area contributed by atoms with Crippen LogP contribution in [-0.2, 0) is 4.79 Å². The zero-order valence-electron chi connectivity index (χ0n) is 11.1. The van der Waals surface area contributed by atoms with Gasteiger partial charge >= 0.3 is 0 Å². The maximum absolute atomic E-state index is 11.8. The quantitative estimate of drug-likeness (QED) is 0.626. The number of halogens is 2. The molecule has 1 rings (SSSR count). The highest BCUT2D eigenvalue weighted by molar-refractivity contribution is 5.85. The van der Waals surface area contributed by atoms with Gasteiger partial charge in [0.05, 0.1) is 0 Å². The maximum Gasteiger partial charge on any atom is 0.222 e. The van der Waals surface area contributed by atoms with E-state index in [4.69, 9.17) is 5.73 Å². The summed E-state index contributed by atoms with van der Waals surface area (Å²) in [6.07, 6.45) is 6.51. The molecule has 5 heteroatoms. The van der Waals surface area contributed by atoms with E-state index in [1.165, 1.54) is 0 Å². The van der Waals surface area contributed by atoms with Crippen molar-refractivity contribution in [1.29, 1.82) is 0 Å². The highest BCUT2D eigenvalue weighted by atomic mass is 35.5. The van der Waals surface area contributed by atoms with Crippen LogP contribution in [0.15, 0.2) is 12.7 Å². The van der Waals surface area contributed by atoms with Crippen molar-refractivity contribution in [1.82, 2.24) is 4.90 Å². The molecule has 18 heavy (non-hydrogen) atoms. The number of unbranched alkanes of at least 4 members (excludes halogenated alkanes) is 1.